The number of aliphatic hydroxyl groups is 1. The molecular weight excluding hydrogens is 310 g/mol. The standard InChI is InChI=1S/C14H17NO4S2/c16-10-4-3-6-13-5-1-2-7-14(13)21(18,19)15-8-11-20(17)12-9-15/h1-2,5,7,16H,4,8-12H2. The topological polar surface area (TPSA) is 74.7 Å². The molecule has 21 heavy (non-hydrogen) atoms. The van der Waals surface area contributed by atoms with Crippen molar-refractivity contribution in [3.8, 4) is 11.8 Å². The number of sulfonamides is 1. The van der Waals surface area contributed by atoms with E-state index in [1.54, 1.807) is 18.2 Å². The van der Waals surface area contributed by atoms with Crippen LogP contribution in [0.2, 0.25) is 0 Å². The Morgan fingerprint density at radius 1 is 1.24 bits per heavy atom. The SMILES string of the molecule is O=S1CCN(S(=O)(=O)c2ccccc2C#CCCO)CC1. The summed E-state index contributed by atoms with van der Waals surface area (Å²) in [6.45, 7) is 0.487. The lowest BCUT2D eigenvalue weighted by Gasteiger charge is -2.26. The lowest BCUT2D eigenvalue weighted by atomic mass is 10.2. The Bertz CT molecular complexity index is 678. The molecule has 1 N–H and O–H groups in total. The lowest BCUT2D eigenvalue weighted by Crippen LogP contribution is -2.41. The van der Waals surface area contributed by atoms with Gasteiger partial charge in [0.25, 0.3) is 0 Å². The smallest absolute Gasteiger partial charge is 0.244 e. The highest BCUT2D eigenvalue weighted by Crippen LogP contribution is 2.21. The predicted molar refractivity (Wildman–Crippen MR) is 81.7 cm³/mol. The van der Waals surface area contributed by atoms with Crippen molar-refractivity contribution in [3.63, 3.8) is 0 Å². The Hall–Kier alpha value is -1.20. The monoisotopic (exact) mass is 327 g/mol. The maximum atomic E-state index is 12.7. The van der Waals surface area contributed by atoms with Crippen molar-refractivity contribution in [3.05, 3.63) is 29.8 Å². The second-order valence-electron chi connectivity index (χ2n) is 4.52. The number of rotatable bonds is 3. The summed E-state index contributed by atoms with van der Waals surface area (Å²) in [5.41, 5.74) is 0.428. The molecule has 0 bridgehead atoms. The van der Waals surface area contributed by atoms with Crippen molar-refractivity contribution < 1.29 is 17.7 Å². The minimum atomic E-state index is -3.62. The molecule has 0 aliphatic carbocycles. The van der Waals surface area contributed by atoms with Crippen LogP contribution < -0.4 is 0 Å². The molecule has 1 aromatic carbocycles. The van der Waals surface area contributed by atoms with Gasteiger partial charge in [0.1, 0.15) is 0 Å². The van der Waals surface area contributed by atoms with Gasteiger partial charge in [0.05, 0.1) is 11.5 Å². The van der Waals surface area contributed by atoms with E-state index in [1.165, 1.54) is 10.4 Å². The largest absolute Gasteiger partial charge is 0.395 e. The van der Waals surface area contributed by atoms with Crippen LogP contribution in [0.3, 0.4) is 0 Å². The van der Waals surface area contributed by atoms with E-state index in [0.29, 0.717) is 23.5 Å². The normalized spacial score (nSPS) is 17.2. The van der Waals surface area contributed by atoms with Crippen LogP contribution in [0.1, 0.15) is 12.0 Å². The average Bonchev–Trinajstić information content (AvgIpc) is 2.48. The third-order valence-electron chi connectivity index (χ3n) is 3.10. The maximum Gasteiger partial charge on any atom is 0.244 e. The van der Waals surface area contributed by atoms with Gasteiger partial charge in [-0.3, -0.25) is 4.21 Å². The van der Waals surface area contributed by atoms with Gasteiger partial charge >= 0.3 is 0 Å². The predicted octanol–water partition coefficient (Wildman–Crippen LogP) is 0.174. The fourth-order valence-electron chi connectivity index (χ4n) is 2.01. The van der Waals surface area contributed by atoms with Gasteiger partial charge < -0.3 is 5.11 Å². The van der Waals surface area contributed by atoms with Crippen LogP contribution >= 0.6 is 0 Å². The summed E-state index contributed by atoms with van der Waals surface area (Å²) in [6, 6.07) is 6.57. The fraction of sp³-hybridized carbons (Fsp3) is 0.429. The first kappa shape index (κ1) is 16.2. The first-order valence-corrected chi connectivity index (χ1v) is 9.52. The summed E-state index contributed by atoms with van der Waals surface area (Å²) in [5, 5.41) is 8.74. The number of aliphatic hydroxyl groups excluding tert-OH is 1. The van der Waals surface area contributed by atoms with E-state index >= 15 is 0 Å². The van der Waals surface area contributed by atoms with Crippen LogP contribution in [0.5, 0.6) is 0 Å². The molecule has 0 aromatic heterocycles. The Balaban J connectivity index is 2.32. The zero-order valence-corrected chi connectivity index (χ0v) is 13.1. The third-order valence-corrected chi connectivity index (χ3v) is 6.33. The van der Waals surface area contributed by atoms with Crippen LogP contribution in [-0.2, 0) is 20.8 Å². The quantitative estimate of drug-likeness (QED) is 0.804. The molecule has 0 amide bonds. The molecule has 0 unspecified atom stereocenters. The van der Waals surface area contributed by atoms with Crippen LogP contribution in [-0.4, -0.2) is 53.2 Å². The van der Waals surface area contributed by atoms with Crippen molar-refractivity contribution in [2.45, 2.75) is 11.3 Å². The summed E-state index contributed by atoms with van der Waals surface area (Å²) < 4.78 is 38.0. The summed E-state index contributed by atoms with van der Waals surface area (Å²) >= 11 is 0. The number of hydrogen-bond acceptors (Lipinski definition) is 4. The van der Waals surface area contributed by atoms with E-state index in [9.17, 15) is 12.6 Å². The van der Waals surface area contributed by atoms with Gasteiger partial charge in [0.2, 0.25) is 10.0 Å². The van der Waals surface area contributed by atoms with E-state index in [1.807, 2.05) is 0 Å². The molecular formula is C14H17NO4S2. The number of nitrogens with zero attached hydrogens (tertiary/aromatic N) is 1. The Labute approximate surface area is 127 Å². The van der Waals surface area contributed by atoms with Crippen LogP contribution in [0.25, 0.3) is 0 Å². The van der Waals surface area contributed by atoms with Crippen molar-refractivity contribution in [2.75, 3.05) is 31.2 Å². The summed E-state index contributed by atoms with van der Waals surface area (Å²) in [4.78, 5) is 0.170. The molecule has 1 aromatic rings. The van der Waals surface area contributed by atoms with Gasteiger partial charge in [-0.2, -0.15) is 4.31 Å². The molecule has 0 radical (unpaired) electrons. The van der Waals surface area contributed by atoms with E-state index < -0.39 is 20.8 Å². The molecule has 0 atom stereocenters. The molecule has 1 saturated heterocycles. The van der Waals surface area contributed by atoms with Crippen molar-refractivity contribution >= 4 is 20.8 Å². The highest BCUT2D eigenvalue weighted by molar-refractivity contribution is 7.89. The first-order valence-electron chi connectivity index (χ1n) is 6.59. The minimum Gasteiger partial charge on any atom is -0.395 e. The molecule has 1 fully saturated rings. The van der Waals surface area contributed by atoms with Gasteiger partial charge in [0, 0.05) is 47.4 Å². The molecule has 0 saturated carbocycles. The third kappa shape index (κ3) is 3.92. The molecule has 0 spiro atoms. The van der Waals surface area contributed by atoms with Crippen molar-refractivity contribution in [1.29, 1.82) is 0 Å². The molecule has 1 aliphatic heterocycles. The maximum absolute atomic E-state index is 12.7. The Morgan fingerprint density at radius 2 is 1.90 bits per heavy atom. The van der Waals surface area contributed by atoms with E-state index in [4.69, 9.17) is 5.11 Å². The van der Waals surface area contributed by atoms with Crippen molar-refractivity contribution in [2.24, 2.45) is 0 Å². The molecule has 7 heteroatoms. The van der Waals surface area contributed by atoms with E-state index in [2.05, 4.69) is 11.8 Å². The fourth-order valence-corrected chi connectivity index (χ4v) is 4.88. The molecule has 2 rings (SSSR count). The van der Waals surface area contributed by atoms with Gasteiger partial charge in [-0.25, -0.2) is 8.42 Å². The summed E-state index contributed by atoms with van der Waals surface area (Å²) in [7, 11) is -4.54. The highest BCUT2D eigenvalue weighted by atomic mass is 32.2. The van der Waals surface area contributed by atoms with Gasteiger partial charge in [-0.15, -0.1) is 0 Å². The van der Waals surface area contributed by atoms with Crippen LogP contribution in [0.4, 0.5) is 0 Å². The van der Waals surface area contributed by atoms with E-state index in [0.717, 1.165) is 0 Å². The van der Waals surface area contributed by atoms with Gasteiger partial charge in [-0.05, 0) is 12.1 Å². The summed E-state index contributed by atoms with van der Waals surface area (Å²) in [5.74, 6) is 6.28. The van der Waals surface area contributed by atoms with E-state index in [-0.39, 0.29) is 24.6 Å². The molecule has 1 heterocycles. The Kier molecular flexibility index (Phi) is 5.53. The zero-order chi connectivity index (χ0) is 15.3. The minimum absolute atomic E-state index is 0.0557. The number of benzene rings is 1. The number of hydrogen-bond donors (Lipinski definition) is 1. The highest BCUT2D eigenvalue weighted by Gasteiger charge is 2.29. The van der Waals surface area contributed by atoms with Crippen LogP contribution in [0, 0.1) is 11.8 Å². The molecule has 5 nitrogen and oxygen atoms in total. The Morgan fingerprint density at radius 3 is 2.57 bits per heavy atom. The summed E-state index contributed by atoms with van der Waals surface area (Å²) in [6.07, 6.45) is 0.303. The first-order chi connectivity index (χ1) is 10.1. The van der Waals surface area contributed by atoms with Gasteiger partial charge in [-0.1, -0.05) is 24.0 Å². The lowest BCUT2D eigenvalue weighted by molar-refractivity contribution is 0.305. The molecule has 1 aliphatic rings. The molecule has 114 valence electrons. The second-order valence-corrected chi connectivity index (χ2v) is 8.13. The van der Waals surface area contributed by atoms with Gasteiger partial charge in [0.15, 0.2) is 0 Å². The second kappa shape index (κ2) is 7.18. The average molecular weight is 327 g/mol. The zero-order valence-electron chi connectivity index (χ0n) is 11.5. The van der Waals surface area contributed by atoms with Crippen molar-refractivity contribution in [1.82, 2.24) is 4.31 Å². The van der Waals surface area contributed by atoms with Crippen LogP contribution in [0.15, 0.2) is 29.2 Å².